The van der Waals surface area contributed by atoms with Crippen molar-refractivity contribution in [1.82, 2.24) is 4.90 Å². The normalized spacial score (nSPS) is 17.1. The van der Waals surface area contributed by atoms with Gasteiger partial charge in [-0.05, 0) is 32.1 Å². The van der Waals surface area contributed by atoms with Crippen LogP contribution < -0.4 is 0 Å². The third kappa shape index (κ3) is 6.30. The van der Waals surface area contributed by atoms with Gasteiger partial charge < -0.3 is 4.90 Å². The minimum Gasteiger partial charge on any atom is -0.339 e. The maximum Gasteiger partial charge on any atom is 0.246 e. The van der Waals surface area contributed by atoms with Crippen molar-refractivity contribution in [2.45, 2.75) is 51.9 Å². The number of amides is 1. The lowest BCUT2D eigenvalue weighted by molar-refractivity contribution is -0.126. The molecule has 0 radical (unpaired) electrons. The van der Waals surface area contributed by atoms with E-state index in [-0.39, 0.29) is 5.91 Å². The molecule has 2 heteroatoms. The Morgan fingerprint density at radius 2 is 1.88 bits per heavy atom. The lowest BCUT2D eigenvalue weighted by Crippen LogP contribution is -2.34. The topological polar surface area (TPSA) is 20.3 Å². The zero-order valence-corrected chi connectivity index (χ0v) is 11.0. The monoisotopic (exact) mass is 235 g/mol. The van der Waals surface area contributed by atoms with E-state index in [9.17, 15) is 4.79 Å². The SMILES string of the molecule is CCCCC/C=C\C=C\C(=O)N1CCCCC1. The van der Waals surface area contributed by atoms with Crippen molar-refractivity contribution in [2.24, 2.45) is 0 Å². The van der Waals surface area contributed by atoms with Crippen LogP contribution in [0.25, 0.3) is 0 Å². The molecule has 0 N–H and O–H groups in total. The van der Waals surface area contributed by atoms with E-state index >= 15 is 0 Å². The number of allylic oxidation sites excluding steroid dienone is 3. The van der Waals surface area contributed by atoms with Gasteiger partial charge in [-0.1, -0.05) is 38.0 Å². The molecule has 1 aliphatic rings. The van der Waals surface area contributed by atoms with Gasteiger partial charge >= 0.3 is 0 Å². The van der Waals surface area contributed by atoms with Crippen molar-refractivity contribution in [3.05, 3.63) is 24.3 Å². The number of likely N-dealkylation sites (tertiary alicyclic amines) is 1. The van der Waals surface area contributed by atoms with E-state index in [1.54, 1.807) is 6.08 Å². The molecular weight excluding hydrogens is 210 g/mol. The summed E-state index contributed by atoms with van der Waals surface area (Å²) in [6.45, 7) is 4.08. The highest BCUT2D eigenvalue weighted by Gasteiger charge is 2.12. The molecule has 0 aromatic heterocycles. The number of hydrogen-bond donors (Lipinski definition) is 0. The summed E-state index contributed by atoms with van der Waals surface area (Å²) in [4.78, 5) is 13.7. The van der Waals surface area contributed by atoms with Crippen LogP contribution in [0.3, 0.4) is 0 Å². The first-order chi connectivity index (χ1) is 8.34. The highest BCUT2D eigenvalue weighted by molar-refractivity contribution is 5.87. The second-order valence-electron chi connectivity index (χ2n) is 4.67. The van der Waals surface area contributed by atoms with Crippen molar-refractivity contribution in [2.75, 3.05) is 13.1 Å². The Morgan fingerprint density at radius 3 is 2.59 bits per heavy atom. The molecule has 1 fully saturated rings. The zero-order valence-electron chi connectivity index (χ0n) is 11.0. The molecule has 1 saturated heterocycles. The fourth-order valence-corrected chi connectivity index (χ4v) is 2.04. The molecule has 0 aromatic carbocycles. The van der Waals surface area contributed by atoms with Crippen LogP contribution in [0.5, 0.6) is 0 Å². The fourth-order valence-electron chi connectivity index (χ4n) is 2.04. The van der Waals surface area contributed by atoms with Gasteiger partial charge in [-0.2, -0.15) is 0 Å². The van der Waals surface area contributed by atoms with Gasteiger partial charge in [0.15, 0.2) is 0 Å². The summed E-state index contributed by atoms with van der Waals surface area (Å²) in [5.74, 6) is 0.169. The molecule has 0 bridgehead atoms. The molecule has 0 unspecified atom stereocenters. The fraction of sp³-hybridized carbons (Fsp3) is 0.667. The average Bonchev–Trinajstić information content (AvgIpc) is 2.38. The molecule has 1 aliphatic heterocycles. The largest absolute Gasteiger partial charge is 0.339 e. The standard InChI is InChI=1S/C15H25NO/c1-2-3-4-5-6-7-9-12-15(17)16-13-10-8-11-14-16/h6-7,9,12H,2-5,8,10-11,13-14H2,1H3/b7-6-,12-9+. The van der Waals surface area contributed by atoms with Gasteiger partial charge in [0.1, 0.15) is 0 Å². The van der Waals surface area contributed by atoms with Crippen molar-refractivity contribution < 1.29 is 4.79 Å². The van der Waals surface area contributed by atoms with Gasteiger partial charge in [0.2, 0.25) is 5.91 Å². The van der Waals surface area contributed by atoms with E-state index in [0.29, 0.717) is 0 Å². The molecular formula is C15H25NO. The predicted molar refractivity (Wildman–Crippen MR) is 72.9 cm³/mol. The van der Waals surface area contributed by atoms with Crippen LogP contribution >= 0.6 is 0 Å². The molecule has 0 aromatic rings. The van der Waals surface area contributed by atoms with Crippen molar-refractivity contribution in [3.63, 3.8) is 0 Å². The lowest BCUT2D eigenvalue weighted by Gasteiger charge is -2.25. The second-order valence-corrected chi connectivity index (χ2v) is 4.67. The van der Waals surface area contributed by atoms with Gasteiger partial charge in [0.05, 0.1) is 0 Å². The molecule has 0 spiro atoms. The first kappa shape index (κ1) is 14.0. The number of nitrogens with zero attached hydrogens (tertiary/aromatic N) is 1. The van der Waals surface area contributed by atoms with Gasteiger partial charge in [-0.25, -0.2) is 0 Å². The molecule has 1 rings (SSSR count). The Bertz CT molecular complexity index is 262. The predicted octanol–water partition coefficient (Wildman–Crippen LogP) is 3.69. The molecule has 0 aliphatic carbocycles. The van der Waals surface area contributed by atoms with Crippen LogP contribution in [0.15, 0.2) is 24.3 Å². The number of rotatable bonds is 6. The highest BCUT2D eigenvalue weighted by atomic mass is 16.2. The number of carbonyl (C=O) groups excluding carboxylic acids is 1. The Kier molecular flexibility index (Phi) is 7.44. The van der Waals surface area contributed by atoms with Gasteiger partial charge in [-0.3, -0.25) is 4.79 Å². The summed E-state index contributed by atoms with van der Waals surface area (Å²) in [5.41, 5.74) is 0. The first-order valence-corrected chi connectivity index (χ1v) is 6.96. The zero-order chi connectivity index (χ0) is 12.3. The van der Waals surface area contributed by atoms with Crippen LogP contribution in [-0.2, 0) is 4.79 Å². The summed E-state index contributed by atoms with van der Waals surface area (Å²) < 4.78 is 0. The molecule has 17 heavy (non-hydrogen) atoms. The van der Waals surface area contributed by atoms with E-state index < -0.39 is 0 Å². The minimum atomic E-state index is 0.169. The van der Waals surface area contributed by atoms with E-state index in [1.165, 1.54) is 25.7 Å². The van der Waals surface area contributed by atoms with Crippen LogP contribution in [0, 0.1) is 0 Å². The van der Waals surface area contributed by atoms with Crippen LogP contribution in [0.4, 0.5) is 0 Å². The Balaban J connectivity index is 2.16. The highest BCUT2D eigenvalue weighted by Crippen LogP contribution is 2.08. The maximum absolute atomic E-state index is 11.7. The quantitative estimate of drug-likeness (QED) is 0.390. The molecule has 1 heterocycles. The minimum absolute atomic E-state index is 0.169. The van der Waals surface area contributed by atoms with E-state index in [2.05, 4.69) is 13.0 Å². The third-order valence-corrected chi connectivity index (χ3v) is 3.13. The molecule has 96 valence electrons. The maximum atomic E-state index is 11.7. The number of unbranched alkanes of at least 4 members (excludes halogenated alkanes) is 3. The number of piperidine rings is 1. The molecule has 1 amide bonds. The third-order valence-electron chi connectivity index (χ3n) is 3.13. The van der Waals surface area contributed by atoms with Gasteiger partial charge in [0.25, 0.3) is 0 Å². The van der Waals surface area contributed by atoms with Crippen LogP contribution in [0.2, 0.25) is 0 Å². The number of carbonyl (C=O) groups is 1. The van der Waals surface area contributed by atoms with Crippen molar-refractivity contribution >= 4 is 5.91 Å². The smallest absolute Gasteiger partial charge is 0.246 e. The average molecular weight is 235 g/mol. The molecule has 2 nitrogen and oxygen atoms in total. The van der Waals surface area contributed by atoms with Crippen LogP contribution in [-0.4, -0.2) is 23.9 Å². The first-order valence-electron chi connectivity index (χ1n) is 6.96. The summed E-state index contributed by atoms with van der Waals surface area (Å²) in [7, 11) is 0. The Morgan fingerprint density at radius 1 is 1.12 bits per heavy atom. The van der Waals surface area contributed by atoms with E-state index in [4.69, 9.17) is 0 Å². The van der Waals surface area contributed by atoms with Crippen molar-refractivity contribution in [3.8, 4) is 0 Å². The lowest BCUT2D eigenvalue weighted by atomic mass is 10.1. The Hall–Kier alpha value is -1.05. The molecule has 0 atom stereocenters. The summed E-state index contributed by atoms with van der Waals surface area (Å²) >= 11 is 0. The van der Waals surface area contributed by atoms with Gasteiger partial charge in [0, 0.05) is 19.2 Å². The Labute approximate surface area is 105 Å². The summed E-state index contributed by atoms with van der Waals surface area (Å²) in [6, 6.07) is 0. The second kappa shape index (κ2) is 9.03. The van der Waals surface area contributed by atoms with E-state index in [0.717, 1.165) is 32.4 Å². The summed E-state index contributed by atoms with van der Waals surface area (Å²) in [5, 5.41) is 0. The number of hydrogen-bond acceptors (Lipinski definition) is 1. The van der Waals surface area contributed by atoms with Gasteiger partial charge in [-0.15, -0.1) is 0 Å². The van der Waals surface area contributed by atoms with Crippen LogP contribution in [0.1, 0.15) is 51.9 Å². The van der Waals surface area contributed by atoms with E-state index in [1.807, 2.05) is 17.1 Å². The summed E-state index contributed by atoms with van der Waals surface area (Å²) in [6.07, 6.45) is 16.2. The van der Waals surface area contributed by atoms with Crippen molar-refractivity contribution in [1.29, 1.82) is 0 Å². The molecule has 0 saturated carbocycles.